The van der Waals surface area contributed by atoms with Crippen molar-refractivity contribution < 1.29 is 18.7 Å². The third-order valence-corrected chi connectivity index (χ3v) is 4.48. The zero-order valence-corrected chi connectivity index (χ0v) is 15.3. The van der Waals surface area contributed by atoms with E-state index >= 15 is 0 Å². The standard InChI is InChI=1S/C24H16O5/c25-20-14-23(29-22-9-5-4-8-19(20)22)24(27)28-15-21(26)18-12-10-17(11-13-18)16-6-2-1-3-7-16/h1-14H,15H2. The molecule has 0 aliphatic carbocycles. The predicted octanol–water partition coefficient (Wildman–Crippen LogP) is 4.50. The van der Waals surface area contributed by atoms with Crippen molar-refractivity contribution >= 4 is 22.7 Å². The largest absolute Gasteiger partial charge is 0.451 e. The van der Waals surface area contributed by atoms with Gasteiger partial charge >= 0.3 is 5.97 Å². The summed E-state index contributed by atoms with van der Waals surface area (Å²) in [6, 6.07) is 24.5. The zero-order chi connectivity index (χ0) is 20.2. The molecule has 29 heavy (non-hydrogen) atoms. The number of ether oxygens (including phenoxy) is 1. The summed E-state index contributed by atoms with van der Waals surface area (Å²) >= 11 is 0. The number of Topliss-reactive ketones (excluding diaryl/α,β-unsaturated/α-hetero) is 1. The second-order valence-corrected chi connectivity index (χ2v) is 6.41. The summed E-state index contributed by atoms with van der Waals surface area (Å²) in [5.41, 5.74) is 2.40. The van der Waals surface area contributed by atoms with E-state index in [1.807, 2.05) is 42.5 Å². The third-order valence-electron chi connectivity index (χ3n) is 4.48. The lowest BCUT2D eigenvalue weighted by Gasteiger charge is -2.06. The fraction of sp³-hybridized carbons (Fsp3) is 0.0417. The Bertz CT molecular complexity index is 1240. The van der Waals surface area contributed by atoms with Crippen LogP contribution in [0, 0.1) is 0 Å². The molecule has 0 unspecified atom stereocenters. The molecule has 0 saturated heterocycles. The SMILES string of the molecule is O=C(COC(=O)c1cc(=O)c2ccccc2o1)c1ccc(-c2ccccc2)cc1. The van der Waals surface area contributed by atoms with Crippen molar-refractivity contribution in [3.63, 3.8) is 0 Å². The van der Waals surface area contributed by atoms with E-state index in [4.69, 9.17) is 9.15 Å². The molecule has 1 aromatic heterocycles. The number of benzene rings is 3. The monoisotopic (exact) mass is 384 g/mol. The van der Waals surface area contributed by atoms with Gasteiger partial charge in [0.05, 0.1) is 5.39 Å². The van der Waals surface area contributed by atoms with Gasteiger partial charge in [-0.25, -0.2) is 4.79 Å². The third kappa shape index (κ3) is 3.99. The molecule has 0 N–H and O–H groups in total. The Balaban J connectivity index is 1.44. The molecular weight excluding hydrogens is 368 g/mol. The number of rotatable bonds is 5. The molecule has 0 aliphatic rings. The number of ketones is 1. The van der Waals surface area contributed by atoms with Gasteiger partial charge in [-0.15, -0.1) is 0 Å². The number of carbonyl (C=O) groups excluding carboxylic acids is 2. The van der Waals surface area contributed by atoms with E-state index in [-0.39, 0.29) is 22.6 Å². The van der Waals surface area contributed by atoms with Crippen LogP contribution in [0.3, 0.4) is 0 Å². The summed E-state index contributed by atoms with van der Waals surface area (Å²) in [5.74, 6) is -1.44. The minimum Gasteiger partial charge on any atom is -0.451 e. The number of hydrogen-bond donors (Lipinski definition) is 0. The lowest BCUT2D eigenvalue weighted by Crippen LogP contribution is -2.15. The van der Waals surface area contributed by atoms with Crippen LogP contribution < -0.4 is 5.43 Å². The zero-order valence-electron chi connectivity index (χ0n) is 15.3. The van der Waals surface area contributed by atoms with E-state index in [1.54, 1.807) is 36.4 Å². The molecule has 0 aliphatic heterocycles. The molecule has 5 heteroatoms. The molecule has 142 valence electrons. The Morgan fingerprint density at radius 1 is 0.793 bits per heavy atom. The lowest BCUT2D eigenvalue weighted by molar-refractivity contribution is 0.0444. The first-order valence-electron chi connectivity index (χ1n) is 9.00. The Hall–Kier alpha value is -3.99. The molecule has 4 aromatic rings. The number of carbonyl (C=O) groups is 2. The second-order valence-electron chi connectivity index (χ2n) is 6.41. The molecule has 3 aromatic carbocycles. The molecule has 0 atom stereocenters. The van der Waals surface area contributed by atoms with Gasteiger partial charge in [0, 0.05) is 11.6 Å². The van der Waals surface area contributed by atoms with E-state index < -0.39 is 12.6 Å². The van der Waals surface area contributed by atoms with Crippen molar-refractivity contribution in [1.29, 1.82) is 0 Å². The van der Waals surface area contributed by atoms with Gasteiger partial charge in [0.2, 0.25) is 5.76 Å². The van der Waals surface area contributed by atoms with Crippen molar-refractivity contribution in [3.8, 4) is 11.1 Å². The molecule has 1 heterocycles. The number of esters is 1. The highest BCUT2D eigenvalue weighted by Gasteiger charge is 2.16. The highest BCUT2D eigenvalue weighted by atomic mass is 16.5. The molecule has 0 amide bonds. The van der Waals surface area contributed by atoms with Crippen LogP contribution in [-0.4, -0.2) is 18.4 Å². The fourth-order valence-corrected chi connectivity index (χ4v) is 2.97. The van der Waals surface area contributed by atoms with Crippen molar-refractivity contribution in [3.05, 3.63) is 106 Å². The van der Waals surface area contributed by atoms with Gasteiger partial charge in [0.25, 0.3) is 0 Å². The Morgan fingerprint density at radius 2 is 1.45 bits per heavy atom. The molecule has 0 fully saturated rings. The van der Waals surface area contributed by atoms with Gasteiger partial charge < -0.3 is 9.15 Å². The Kier molecular flexibility index (Phi) is 5.03. The highest BCUT2D eigenvalue weighted by Crippen LogP contribution is 2.19. The average Bonchev–Trinajstić information content (AvgIpc) is 2.78. The minimum absolute atomic E-state index is 0.235. The summed E-state index contributed by atoms with van der Waals surface area (Å²) in [5, 5.41) is 0.374. The quantitative estimate of drug-likeness (QED) is 0.374. The smallest absolute Gasteiger partial charge is 0.374 e. The van der Waals surface area contributed by atoms with Crippen LogP contribution >= 0.6 is 0 Å². The van der Waals surface area contributed by atoms with E-state index in [0.29, 0.717) is 10.9 Å². The van der Waals surface area contributed by atoms with Crippen LogP contribution in [0.4, 0.5) is 0 Å². The predicted molar refractivity (Wildman–Crippen MR) is 109 cm³/mol. The first-order valence-corrected chi connectivity index (χ1v) is 9.00. The van der Waals surface area contributed by atoms with Crippen LogP contribution in [0.25, 0.3) is 22.1 Å². The summed E-state index contributed by atoms with van der Waals surface area (Å²) in [6.07, 6.45) is 0. The Labute approximate surface area is 166 Å². The van der Waals surface area contributed by atoms with Gasteiger partial charge in [-0.2, -0.15) is 0 Å². The minimum atomic E-state index is -0.859. The molecule has 5 nitrogen and oxygen atoms in total. The molecule has 0 bridgehead atoms. The maximum absolute atomic E-state index is 12.3. The number of hydrogen-bond acceptors (Lipinski definition) is 5. The van der Waals surface area contributed by atoms with Crippen LogP contribution in [0.1, 0.15) is 20.9 Å². The average molecular weight is 384 g/mol. The fourth-order valence-electron chi connectivity index (χ4n) is 2.97. The van der Waals surface area contributed by atoms with E-state index in [1.165, 1.54) is 0 Å². The van der Waals surface area contributed by atoms with Crippen molar-refractivity contribution in [1.82, 2.24) is 0 Å². The van der Waals surface area contributed by atoms with E-state index in [9.17, 15) is 14.4 Å². The van der Waals surface area contributed by atoms with Crippen LogP contribution in [0.2, 0.25) is 0 Å². The maximum atomic E-state index is 12.3. The van der Waals surface area contributed by atoms with Gasteiger partial charge in [-0.05, 0) is 23.3 Å². The summed E-state index contributed by atoms with van der Waals surface area (Å²) in [7, 11) is 0. The molecule has 0 radical (unpaired) electrons. The van der Waals surface area contributed by atoms with Gasteiger partial charge in [-0.3, -0.25) is 9.59 Å². The topological polar surface area (TPSA) is 73.6 Å². The van der Waals surface area contributed by atoms with Crippen molar-refractivity contribution in [2.75, 3.05) is 6.61 Å². The summed E-state index contributed by atoms with van der Waals surface area (Å²) in [6.45, 7) is -0.444. The first-order chi connectivity index (χ1) is 14.1. The summed E-state index contributed by atoms with van der Waals surface area (Å²) in [4.78, 5) is 36.6. The van der Waals surface area contributed by atoms with Crippen LogP contribution in [0.5, 0.6) is 0 Å². The van der Waals surface area contributed by atoms with Gasteiger partial charge in [0.15, 0.2) is 17.8 Å². The van der Waals surface area contributed by atoms with Crippen molar-refractivity contribution in [2.24, 2.45) is 0 Å². The van der Waals surface area contributed by atoms with Gasteiger partial charge in [-0.1, -0.05) is 66.7 Å². The summed E-state index contributed by atoms with van der Waals surface area (Å²) < 4.78 is 10.5. The van der Waals surface area contributed by atoms with E-state index in [0.717, 1.165) is 17.2 Å². The number of fused-ring (bicyclic) bond motifs is 1. The number of para-hydroxylation sites is 1. The van der Waals surface area contributed by atoms with Crippen molar-refractivity contribution in [2.45, 2.75) is 0 Å². The lowest BCUT2D eigenvalue weighted by atomic mass is 10.0. The van der Waals surface area contributed by atoms with Crippen LogP contribution in [-0.2, 0) is 4.74 Å². The first kappa shape index (κ1) is 18.4. The van der Waals surface area contributed by atoms with Crippen LogP contribution in [0.15, 0.2) is 94.1 Å². The molecule has 0 spiro atoms. The second kappa shape index (κ2) is 7.94. The molecule has 0 saturated carbocycles. The normalized spacial score (nSPS) is 10.6. The molecule has 4 rings (SSSR count). The highest BCUT2D eigenvalue weighted by molar-refractivity contribution is 5.99. The maximum Gasteiger partial charge on any atom is 0.374 e. The Morgan fingerprint density at radius 3 is 2.21 bits per heavy atom. The van der Waals surface area contributed by atoms with E-state index in [2.05, 4.69) is 0 Å². The van der Waals surface area contributed by atoms with Gasteiger partial charge in [0.1, 0.15) is 5.58 Å². The molecular formula is C24H16O5.